The molecule has 1 aromatic carbocycles. The molecule has 2 nitrogen and oxygen atoms in total. The highest BCUT2D eigenvalue weighted by Crippen LogP contribution is 2.35. The number of rotatable bonds is 5. The minimum absolute atomic E-state index is 0.490. The maximum absolute atomic E-state index is 5.28. The molecule has 0 saturated heterocycles. The van der Waals surface area contributed by atoms with Gasteiger partial charge in [0, 0.05) is 17.6 Å². The monoisotopic (exact) mass is 325 g/mol. The summed E-state index contributed by atoms with van der Waals surface area (Å²) in [7, 11) is 1.71. The van der Waals surface area contributed by atoms with E-state index in [2.05, 4.69) is 40.3 Å². The fourth-order valence-electron chi connectivity index (χ4n) is 2.89. The Morgan fingerprint density at radius 1 is 1.26 bits per heavy atom. The second-order valence-electron chi connectivity index (χ2n) is 5.93. The Balaban J connectivity index is 1.88. The molecule has 106 valence electrons. The van der Waals surface area contributed by atoms with Gasteiger partial charge < -0.3 is 10.1 Å². The predicted molar refractivity (Wildman–Crippen MR) is 83.6 cm³/mol. The summed E-state index contributed by atoms with van der Waals surface area (Å²) in [5.74, 6) is 0.920. The molecule has 19 heavy (non-hydrogen) atoms. The molecule has 1 aliphatic carbocycles. The second kappa shape index (κ2) is 6.76. The number of halogens is 1. The molecule has 3 heteroatoms. The van der Waals surface area contributed by atoms with Gasteiger partial charge in [-0.3, -0.25) is 0 Å². The summed E-state index contributed by atoms with van der Waals surface area (Å²) in [5.41, 5.74) is 1.75. The van der Waals surface area contributed by atoms with E-state index in [1.165, 1.54) is 37.7 Å². The van der Waals surface area contributed by atoms with Crippen molar-refractivity contribution in [2.24, 2.45) is 5.41 Å². The van der Waals surface area contributed by atoms with Gasteiger partial charge in [-0.2, -0.15) is 0 Å². The van der Waals surface area contributed by atoms with Crippen molar-refractivity contribution < 1.29 is 4.74 Å². The first-order chi connectivity index (χ1) is 9.13. The van der Waals surface area contributed by atoms with Crippen molar-refractivity contribution >= 4 is 15.9 Å². The molecule has 1 fully saturated rings. The smallest absolute Gasteiger partial charge is 0.119 e. The minimum atomic E-state index is 0.490. The third-order valence-corrected chi connectivity index (χ3v) is 4.95. The molecule has 2 rings (SSSR count). The van der Waals surface area contributed by atoms with Crippen LogP contribution >= 0.6 is 15.9 Å². The van der Waals surface area contributed by atoms with Gasteiger partial charge >= 0.3 is 0 Å². The van der Waals surface area contributed by atoms with Crippen LogP contribution in [0.5, 0.6) is 5.75 Å². The highest BCUT2D eigenvalue weighted by Gasteiger charge is 2.26. The van der Waals surface area contributed by atoms with E-state index in [1.807, 2.05) is 6.07 Å². The third kappa shape index (κ3) is 4.22. The van der Waals surface area contributed by atoms with E-state index in [0.29, 0.717) is 5.41 Å². The van der Waals surface area contributed by atoms with E-state index in [1.54, 1.807) is 7.11 Å². The largest absolute Gasteiger partial charge is 0.497 e. The summed E-state index contributed by atoms with van der Waals surface area (Å²) >= 11 is 3.60. The Morgan fingerprint density at radius 3 is 2.68 bits per heavy atom. The minimum Gasteiger partial charge on any atom is -0.497 e. The summed E-state index contributed by atoms with van der Waals surface area (Å²) in [6.45, 7) is 4.42. The van der Waals surface area contributed by atoms with Gasteiger partial charge in [0.05, 0.1) is 7.11 Å². The van der Waals surface area contributed by atoms with Gasteiger partial charge in [-0.1, -0.05) is 42.1 Å². The number of hydrogen-bond donors (Lipinski definition) is 1. The molecular formula is C16H24BrNO. The van der Waals surface area contributed by atoms with Gasteiger partial charge in [-0.15, -0.1) is 0 Å². The summed E-state index contributed by atoms with van der Waals surface area (Å²) in [6, 6.07) is 6.13. The molecule has 0 bridgehead atoms. The van der Waals surface area contributed by atoms with E-state index in [-0.39, 0.29) is 0 Å². The van der Waals surface area contributed by atoms with Crippen LogP contribution in [0.4, 0.5) is 0 Å². The van der Waals surface area contributed by atoms with E-state index in [9.17, 15) is 0 Å². The number of benzene rings is 1. The zero-order valence-corrected chi connectivity index (χ0v) is 13.6. The van der Waals surface area contributed by atoms with Crippen LogP contribution in [-0.4, -0.2) is 13.7 Å². The quantitative estimate of drug-likeness (QED) is 0.859. The van der Waals surface area contributed by atoms with Crippen molar-refractivity contribution in [3.8, 4) is 5.75 Å². The van der Waals surface area contributed by atoms with Crippen molar-refractivity contribution in [1.29, 1.82) is 0 Å². The molecule has 1 aliphatic rings. The molecule has 0 aromatic heterocycles. The Bertz CT molecular complexity index is 413. The molecule has 0 amide bonds. The van der Waals surface area contributed by atoms with E-state index >= 15 is 0 Å². The van der Waals surface area contributed by atoms with Crippen molar-refractivity contribution in [3.63, 3.8) is 0 Å². The van der Waals surface area contributed by atoms with Crippen molar-refractivity contribution in [2.45, 2.75) is 45.6 Å². The number of methoxy groups -OCH3 is 1. The standard InChI is InChI=1S/C16H24BrNO/c1-16(8-4-3-5-9-16)12-18-11-13-10-14(19-2)6-7-15(13)17/h6-7,10,18H,3-5,8-9,11-12H2,1-2H3. The SMILES string of the molecule is COc1ccc(Br)c(CNCC2(C)CCCCC2)c1. The van der Waals surface area contributed by atoms with Gasteiger partial charge in [0.2, 0.25) is 0 Å². The van der Waals surface area contributed by atoms with Crippen LogP contribution in [0, 0.1) is 5.41 Å². The van der Waals surface area contributed by atoms with Crippen molar-refractivity contribution in [1.82, 2.24) is 5.32 Å². The molecule has 1 saturated carbocycles. The Morgan fingerprint density at radius 2 is 2.00 bits per heavy atom. The fraction of sp³-hybridized carbons (Fsp3) is 0.625. The van der Waals surface area contributed by atoms with Crippen LogP contribution in [0.2, 0.25) is 0 Å². The molecule has 0 aliphatic heterocycles. The first-order valence-electron chi connectivity index (χ1n) is 7.16. The zero-order valence-electron chi connectivity index (χ0n) is 12.0. The van der Waals surface area contributed by atoms with Crippen LogP contribution in [-0.2, 0) is 6.54 Å². The second-order valence-corrected chi connectivity index (χ2v) is 6.79. The molecule has 0 spiro atoms. The number of hydrogen-bond acceptors (Lipinski definition) is 2. The lowest BCUT2D eigenvalue weighted by Gasteiger charge is -2.33. The van der Waals surface area contributed by atoms with Gasteiger partial charge in [0.25, 0.3) is 0 Å². The normalized spacial score (nSPS) is 18.3. The van der Waals surface area contributed by atoms with Crippen LogP contribution in [0.1, 0.15) is 44.6 Å². The fourth-order valence-corrected chi connectivity index (χ4v) is 3.28. The third-order valence-electron chi connectivity index (χ3n) is 4.18. The topological polar surface area (TPSA) is 21.3 Å². The first kappa shape index (κ1) is 14.9. The maximum Gasteiger partial charge on any atom is 0.119 e. The summed E-state index contributed by atoms with van der Waals surface area (Å²) in [5, 5.41) is 3.62. The summed E-state index contributed by atoms with van der Waals surface area (Å²) < 4.78 is 6.43. The number of nitrogens with one attached hydrogen (secondary N) is 1. The van der Waals surface area contributed by atoms with Crippen LogP contribution < -0.4 is 10.1 Å². The average Bonchev–Trinajstić information content (AvgIpc) is 2.41. The van der Waals surface area contributed by atoms with Crippen molar-refractivity contribution in [3.05, 3.63) is 28.2 Å². The first-order valence-corrected chi connectivity index (χ1v) is 7.95. The lowest BCUT2D eigenvalue weighted by atomic mass is 9.76. The van der Waals surface area contributed by atoms with Crippen molar-refractivity contribution in [2.75, 3.05) is 13.7 Å². The van der Waals surface area contributed by atoms with Crippen LogP contribution in [0.15, 0.2) is 22.7 Å². The van der Waals surface area contributed by atoms with E-state index in [4.69, 9.17) is 4.74 Å². The van der Waals surface area contributed by atoms with Gasteiger partial charge in [0.1, 0.15) is 5.75 Å². The molecule has 0 atom stereocenters. The van der Waals surface area contributed by atoms with E-state index < -0.39 is 0 Å². The Hall–Kier alpha value is -0.540. The summed E-state index contributed by atoms with van der Waals surface area (Å²) in [6.07, 6.45) is 6.91. The maximum atomic E-state index is 5.28. The zero-order chi connectivity index (χ0) is 13.7. The van der Waals surface area contributed by atoms with Gasteiger partial charge in [-0.25, -0.2) is 0 Å². The van der Waals surface area contributed by atoms with Crippen LogP contribution in [0.25, 0.3) is 0 Å². The Kier molecular flexibility index (Phi) is 5.28. The average molecular weight is 326 g/mol. The Labute approximate surface area is 125 Å². The number of ether oxygens (including phenoxy) is 1. The van der Waals surface area contributed by atoms with Crippen LogP contribution in [0.3, 0.4) is 0 Å². The van der Waals surface area contributed by atoms with Gasteiger partial charge in [0.15, 0.2) is 0 Å². The molecule has 0 heterocycles. The predicted octanol–water partition coefficient (Wildman–Crippen LogP) is 4.52. The molecule has 1 aromatic rings. The summed E-state index contributed by atoms with van der Waals surface area (Å²) in [4.78, 5) is 0. The molecular weight excluding hydrogens is 302 g/mol. The lowest BCUT2D eigenvalue weighted by Crippen LogP contribution is -2.33. The molecule has 1 N–H and O–H groups in total. The highest BCUT2D eigenvalue weighted by atomic mass is 79.9. The molecule has 0 unspecified atom stereocenters. The van der Waals surface area contributed by atoms with Gasteiger partial charge in [-0.05, 0) is 42.0 Å². The molecule has 0 radical (unpaired) electrons. The highest BCUT2D eigenvalue weighted by molar-refractivity contribution is 9.10. The van der Waals surface area contributed by atoms with E-state index in [0.717, 1.165) is 23.3 Å². The lowest BCUT2D eigenvalue weighted by molar-refractivity contribution is 0.207.